The van der Waals surface area contributed by atoms with Crippen LogP contribution in [0, 0.1) is 0 Å². The predicted octanol–water partition coefficient (Wildman–Crippen LogP) is 1.81. The number of halogens is 1. The number of amides is 1. The van der Waals surface area contributed by atoms with Crippen LogP contribution in [0.25, 0.3) is 0 Å². The number of nitrogens with zero attached hydrogens (tertiary/aromatic N) is 1. The van der Waals surface area contributed by atoms with Crippen molar-refractivity contribution in [1.82, 2.24) is 10.3 Å². The number of rotatable bonds is 5. The minimum Gasteiger partial charge on any atom is -0.463 e. The summed E-state index contributed by atoms with van der Waals surface area (Å²) in [5.74, 6) is -0.629. The fraction of sp³-hybridized carbons (Fsp3) is 0.417. The van der Waals surface area contributed by atoms with E-state index in [-0.39, 0.29) is 30.9 Å². The van der Waals surface area contributed by atoms with Crippen molar-refractivity contribution in [3.8, 4) is 0 Å². The fourth-order valence-electron chi connectivity index (χ4n) is 1.21. The highest BCUT2D eigenvalue weighted by Gasteiger charge is 2.08. The lowest BCUT2D eigenvalue weighted by atomic mass is 10.2. The fourth-order valence-corrected chi connectivity index (χ4v) is 1.32. The van der Waals surface area contributed by atoms with Crippen molar-refractivity contribution in [3.63, 3.8) is 0 Å². The first-order chi connectivity index (χ1) is 8.49. The van der Waals surface area contributed by atoms with Gasteiger partial charge in [0, 0.05) is 12.7 Å². The smallest absolute Gasteiger partial charge is 0.307 e. The Kier molecular flexibility index (Phi) is 5.58. The van der Waals surface area contributed by atoms with Crippen LogP contribution < -0.4 is 5.32 Å². The molecule has 0 radical (unpaired) electrons. The summed E-state index contributed by atoms with van der Waals surface area (Å²) < 4.78 is 4.93. The summed E-state index contributed by atoms with van der Waals surface area (Å²) >= 11 is 5.61. The third kappa shape index (κ3) is 5.14. The number of pyridine rings is 1. The van der Waals surface area contributed by atoms with E-state index in [1.54, 1.807) is 19.9 Å². The molecular formula is C12H15ClN2O3. The van der Waals surface area contributed by atoms with Crippen LogP contribution in [0.2, 0.25) is 5.15 Å². The third-order valence-corrected chi connectivity index (χ3v) is 2.19. The molecule has 1 aromatic rings. The molecule has 0 aliphatic heterocycles. The van der Waals surface area contributed by atoms with Crippen molar-refractivity contribution in [2.45, 2.75) is 26.4 Å². The summed E-state index contributed by atoms with van der Waals surface area (Å²) in [6.07, 6.45) is 1.38. The lowest BCUT2D eigenvalue weighted by Gasteiger charge is -2.08. The molecule has 0 bridgehead atoms. The van der Waals surface area contributed by atoms with E-state index in [2.05, 4.69) is 10.3 Å². The van der Waals surface area contributed by atoms with Gasteiger partial charge in [-0.25, -0.2) is 4.98 Å². The Bertz CT molecular complexity index is 418. The maximum Gasteiger partial charge on any atom is 0.307 e. The van der Waals surface area contributed by atoms with Crippen LogP contribution in [0.15, 0.2) is 18.3 Å². The van der Waals surface area contributed by atoms with Crippen LogP contribution in [0.1, 0.15) is 30.6 Å². The molecule has 0 atom stereocenters. The van der Waals surface area contributed by atoms with Gasteiger partial charge in [-0.2, -0.15) is 0 Å². The van der Waals surface area contributed by atoms with Crippen molar-refractivity contribution in [2.75, 3.05) is 6.54 Å². The summed E-state index contributed by atoms with van der Waals surface area (Å²) in [6, 6.07) is 3.10. The van der Waals surface area contributed by atoms with Gasteiger partial charge in [-0.1, -0.05) is 11.6 Å². The number of nitrogens with one attached hydrogen (secondary N) is 1. The summed E-state index contributed by atoms with van der Waals surface area (Å²) in [5, 5.41) is 2.93. The molecule has 1 N–H and O–H groups in total. The zero-order chi connectivity index (χ0) is 13.5. The summed E-state index contributed by atoms with van der Waals surface area (Å²) in [5.41, 5.74) is 0.400. The van der Waals surface area contributed by atoms with Gasteiger partial charge in [0.05, 0.1) is 18.1 Å². The summed E-state index contributed by atoms with van der Waals surface area (Å²) in [4.78, 5) is 26.6. The zero-order valence-electron chi connectivity index (χ0n) is 10.3. The van der Waals surface area contributed by atoms with E-state index in [1.807, 2.05) is 0 Å². The first-order valence-corrected chi connectivity index (χ1v) is 5.96. The largest absolute Gasteiger partial charge is 0.463 e. The Morgan fingerprint density at radius 1 is 1.44 bits per heavy atom. The van der Waals surface area contributed by atoms with Gasteiger partial charge in [-0.3, -0.25) is 9.59 Å². The summed E-state index contributed by atoms with van der Waals surface area (Å²) in [7, 11) is 0. The lowest BCUT2D eigenvalue weighted by molar-refractivity contribution is -0.147. The standard InChI is InChI=1S/C12H15ClN2O3/c1-8(2)18-11(16)5-6-14-12(17)9-3-4-10(13)15-7-9/h3-4,7-8H,5-6H2,1-2H3,(H,14,17). The van der Waals surface area contributed by atoms with E-state index in [1.165, 1.54) is 12.3 Å². The van der Waals surface area contributed by atoms with E-state index >= 15 is 0 Å². The highest BCUT2D eigenvalue weighted by atomic mass is 35.5. The number of aromatic nitrogens is 1. The molecule has 0 aromatic carbocycles. The average Bonchev–Trinajstić information content (AvgIpc) is 2.28. The van der Waals surface area contributed by atoms with Crippen LogP contribution in [-0.4, -0.2) is 29.5 Å². The number of hydrogen-bond donors (Lipinski definition) is 1. The lowest BCUT2D eigenvalue weighted by Crippen LogP contribution is -2.27. The van der Waals surface area contributed by atoms with Crippen LogP contribution in [-0.2, 0) is 9.53 Å². The predicted molar refractivity (Wildman–Crippen MR) is 67.4 cm³/mol. The second-order valence-corrected chi connectivity index (χ2v) is 4.30. The molecule has 1 rings (SSSR count). The molecular weight excluding hydrogens is 256 g/mol. The molecule has 0 unspecified atom stereocenters. The van der Waals surface area contributed by atoms with Crippen LogP contribution >= 0.6 is 11.6 Å². The van der Waals surface area contributed by atoms with E-state index in [9.17, 15) is 9.59 Å². The normalized spacial score (nSPS) is 10.2. The number of carbonyl (C=O) groups excluding carboxylic acids is 2. The van der Waals surface area contributed by atoms with Gasteiger partial charge in [-0.15, -0.1) is 0 Å². The molecule has 98 valence electrons. The Morgan fingerprint density at radius 3 is 2.72 bits per heavy atom. The van der Waals surface area contributed by atoms with Gasteiger partial charge in [-0.05, 0) is 26.0 Å². The van der Waals surface area contributed by atoms with Crippen molar-refractivity contribution in [3.05, 3.63) is 29.0 Å². The van der Waals surface area contributed by atoms with Gasteiger partial charge in [0.1, 0.15) is 5.15 Å². The third-order valence-electron chi connectivity index (χ3n) is 1.97. The van der Waals surface area contributed by atoms with Gasteiger partial charge in [0.15, 0.2) is 0 Å². The molecule has 0 fully saturated rings. The number of hydrogen-bond acceptors (Lipinski definition) is 4. The highest BCUT2D eigenvalue weighted by Crippen LogP contribution is 2.04. The Hall–Kier alpha value is -1.62. The molecule has 0 saturated carbocycles. The molecule has 0 aliphatic carbocycles. The van der Waals surface area contributed by atoms with Gasteiger partial charge in [0.2, 0.25) is 0 Å². The van der Waals surface area contributed by atoms with Gasteiger partial charge < -0.3 is 10.1 Å². The minimum atomic E-state index is -0.334. The van der Waals surface area contributed by atoms with Crippen molar-refractivity contribution >= 4 is 23.5 Å². The topological polar surface area (TPSA) is 68.3 Å². The second kappa shape index (κ2) is 6.96. The number of carbonyl (C=O) groups is 2. The average molecular weight is 271 g/mol. The first kappa shape index (κ1) is 14.4. The molecule has 0 spiro atoms. The molecule has 0 saturated heterocycles. The number of ether oxygens (including phenoxy) is 1. The molecule has 5 nitrogen and oxygen atoms in total. The molecule has 0 aliphatic rings. The molecule has 1 aromatic heterocycles. The number of esters is 1. The monoisotopic (exact) mass is 270 g/mol. The van der Waals surface area contributed by atoms with Gasteiger partial charge in [0.25, 0.3) is 5.91 Å². The van der Waals surface area contributed by atoms with Crippen LogP contribution in [0.3, 0.4) is 0 Å². The van der Waals surface area contributed by atoms with Crippen LogP contribution in [0.5, 0.6) is 0 Å². The zero-order valence-corrected chi connectivity index (χ0v) is 11.0. The minimum absolute atomic E-state index is 0.144. The van der Waals surface area contributed by atoms with Crippen molar-refractivity contribution < 1.29 is 14.3 Å². The molecule has 1 heterocycles. The van der Waals surface area contributed by atoms with Crippen molar-refractivity contribution in [1.29, 1.82) is 0 Å². The SMILES string of the molecule is CC(C)OC(=O)CCNC(=O)c1ccc(Cl)nc1. The Balaban J connectivity index is 2.33. The van der Waals surface area contributed by atoms with Gasteiger partial charge >= 0.3 is 5.97 Å². The molecule has 1 amide bonds. The van der Waals surface area contributed by atoms with Crippen molar-refractivity contribution in [2.24, 2.45) is 0 Å². The van der Waals surface area contributed by atoms with E-state index < -0.39 is 0 Å². The van der Waals surface area contributed by atoms with E-state index in [0.29, 0.717) is 10.7 Å². The Labute approximate surface area is 110 Å². The molecule has 6 heteroatoms. The quantitative estimate of drug-likeness (QED) is 0.654. The van der Waals surface area contributed by atoms with E-state index in [4.69, 9.17) is 16.3 Å². The van der Waals surface area contributed by atoms with E-state index in [0.717, 1.165) is 0 Å². The molecule has 18 heavy (non-hydrogen) atoms. The Morgan fingerprint density at radius 2 is 2.17 bits per heavy atom. The first-order valence-electron chi connectivity index (χ1n) is 5.58. The maximum atomic E-state index is 11.6. The second-order valence-electron chi connectivity index (χ2n) is 3.91. The summed E-state index contributed by atoms with van der Waals surface area (Å²) in [6.45, 7) is 3.78. The maximum absolute atomic E-state index is 11.6. The highest BCUT2D eigenvalue weighted by molar-refractivity contribution is 6.29. The van der Waals surface area contributed by atoms with Crippen LogP contribution in [0.4, 0.5) is 0 Å².